The molecule has 0 aromatic heterocycles. The zero-order valence-corrected chi connectivity index (χ0v) is 13.8. The van der Waals surface area contributed by atoms with Crippen LogP contribution in [-0.2, 0) is 17.8 Å². The first-order valence-corrected chi connectivity index (χ1v) is 8.70. The van der Waals surface area contributed by atoms with Crippen molar-refractivity contribution >= 4 is 5.91 Å². The third-order valence-electron chi connectivity index (χ3n) is 5.00. The third kappa shape index (κ3) is 3.15. The maximum Gasteiger partial charge on any atom is 0.264 e. The molecule has 2 aliphatic heterocycles. The van der Waals surface area contributed by atoms with Crippen LogP contribution < -0.4 is 9.64 Å². The van der Waals surface area contributed by atoms with E-state index in [0.29, 0.717) is 6.42 Å². The van der Waals surface area contributed by atoms with Gasteiger partial charge in [-0.25, -0.2) is 0 Å². The van der Waals surface area contributed by atoms with Crippen LogP contribution in [-0.4, -0.2) is 43.1 Å². The number of para-hydroxylation sites is 1. The Labute approximate surface area is 142 Å². The second-order valence-corrected chi connectivity index (χ2v) is 6.66. The van der Waals surface area contributed by atoms with Gasteiger partial charge in [-0.15, -0.1) is 0 Å². The molecule has 2 aliphatic rings. The van der Waals surface area contributed by atoms with Crippen molar-refractivity contribution in [1.82, 2.24) is 4.90 Å². The van der Waals surface area contributed by atoms with Gasteiger partial charge in [0, 0.05) is 12.0 Å². The molecular formula is C20H23N2O2+. The highest BCUT2D eigenvalue weighted by Gasteiger charge is 2.34. The van der Waals surface area contributed by atoms with E-state index in [9.17, 15) is 4.79 Å². The molecule has 0 saturated carbocycles. The topological polar surface area (TPSA) is 34.0 Å². The number of carbonyl (C=O) groups excluding carboxylic acids is 1. The largest absolute Gasteiger partial charge is 0.480 e. The Bertz CT molecular complexity index is 684. The van der Waals surface area contributed by atoms with E-state index in [0.717, 1.165) is 44.0 Å². The molecule has 0 unspecified atom stereocenters. The fourth-order valence-corrected chi connectivity index (χ4v) is 3.63. The molecule has 24 heavy (non-hydrogen) atoms. The van der Waals surface area contributed by atoms with Crippen LogP contribution in [0.15, 0.2) is 54.6 Å². The van der Waals surface area contributed by atoms with Gasteiger partial charge in [-0.3, -0.25) is 4.79 Å². The maximum absolute atomic E-state index is 12.7. The van der Waals surface area contributed by atoms with Crippen LogP contribution in [0.25, 0.3) is 0 Å². The molecule has 0 bridgehead atoms. The van der Waals surface area contributed by atoms with Crippen LogP contribution in [0.1, 0.15) is 11.1 Å². The number of nitrogens with one attached hydrogen (secondary N) is 1. The van der Waals surface area contributed by atoms with Crippen LogP contribution in [0.2, 0.25) is 0 Å². The summed E-state index contributed by atoms with van der Waals surface area (Å²) in [6.45, 7) is 4.67. The number of hydrogen-bond acceptors (Lipinski definition) is 2. The highest BCUT2D eigenvalue weighted by molar-refractivity contribution is 5.82. The average molecular weight is 323 g/mol. The zero-order valence-electron chi connectivity index (χ0n) is 13.8. The van der Waals surface area contributed by atoms with Gasteiger partial charge in [0.2, 0.25) is 0 Å². The molecule has 0 spiro atoms. The molecule has 124 valence electrons. The summed E-state index contributed by atoms with van der Waals surface area (Å²) >= 11 is 0. The molecule has 2 aromatic rings. The Morgan fingerprint density at radius 1 is 1.04 bits per heavy atom. The lowest BCUT2D eigenvalue weighted by atomic mass is 10.1. The minimum Gasteiger partial charge on any atom is -0.480 e. The lowest BCUT2D eigenvalue weighted by Gasteiger charge is -2.33. The van der Waals surface area contributed by atoms with Crippen molar-refractivity contribution in [3.05, 3.63) is 65.7 Å². The van der Waals surface area contributed by atoms with Gasteiger partial charge in [-0.2, -0.15) is 0 Å². The average Bonchev–Trinajstić information content (AvgIpc) is 3.07. The van der Waals surface area contributed by atoms with Crippen molar-refractivity contribution < 1.29 is 14.4 Å². The fourth-order valence-electron chi connectivity index (χ4n) is 3.63. The highest BCUT2D eigenvalue weighted by Crippen LogP contribution is 2.28. The van der Waals surface area contributed by atoms with E-state index in [4.69, 9.17) is 4.74 Å². The molecule has 1 saturated heterocycles. The summed E-state index contributed by atoms with van der Waals surface area (Å²) in [7, 11) is 0. The predicted molar refractivity (Wildman–Crippen MR) is 92.0 cm³/mol. The number of piperazine rings is 1. The van der Waals surface area contributed by atoms with Crippen LogP contribution in [0, 0.1) is 0 Å². The van der Waals surface area contributed by atoms with Crippen molar-refractivity contribution in [3.8, 4) is 5.75 Å². The fraction of sp³-hybridized carbons (Fsp3) is 0.350. The normalized spacial score (nSPS) is 20.5. The first-order chi connectivity index (χ1) is 11.8. The van der Waals surface area contributed by atoms with E-state index in [1.54, 1.807) is 4.90 Å². The minimum atomic E-state index is -0.335. The van der Waals surface area contributed by atoms with E-state index in [1.165, 1.54) is 5.56 Å². The molecule has 2 heterocycles. The standard InChI is InChI=1S/C20H22N2O2/c23-20(19-14-17-8-4-5-9-18(17)24-19)22-12-10-21(11-13-22)15-16-6-2-1-3-7-16/h1-9,19H,10-15H2/p+1/t19-/m1/s1. The molecule has 1 N–H and O–H groups in total. The van der Waals surface area contributed by atoms with Crippen molar-refractivity contribution in [1.29, 1.82) is 0 Å². The quantitative estimate of drug-likeness (QED) is 0.911. The minimum absolute atomic E-state index is 0.143. The highest BCUT2D eigenvalue weighted by atomic mass is 16.5. The summed E-state index contributed by atoms with van der Waals surface area (Å²) < 4.78 is 5.85. The monoisotopic (exact) mass is 323 g/mol. The van der Waals surface area contributed by atoms with E-state index in [-0.39, 0.29) is 12.0 Å². The number of hydrogen-bond donors (Lipinski definition) is 1. The maximum atomic E-state index is 12.7. The number of fused-ring (bicyclic) bond motifs is 1. The number of carbonyl (C=O) groups is 1. The van der Waals surface area contributed by atoms with Gasteiger partial charge in [0.25, 0.3) is 5.91 Å². The van der Waals surface area contributed by atoms with E-state index >= 15 is 0 Å². The van der Waals surface area contributed by atoms with Gasteiger partial charge < -0.3 is 14.5 Å². The Kier molecular flexibility index (Phi) is 4.22. The number of ether oxygens (including phenoxy) is 1. The van der Waals surface area contributed by atoms with Crippen LogP contribution >= 0.6 is 0 Å². The first-order valence-electron chi connectivity index (χ1n) is 8.70. The Morgan fingerprint density at radius 2 is 1.75 bits per heavy atom. The number of nitrogens with zero attached hydrogens (tertiary/aromatic N) is 1. The van der Waals surface area contributed by atoms with Crippen LogP contribution in [0.5, 0.6) is 5.75 Å². The number of amides is 1. The van der Waals surface area contributed by atoms with Crippen LogP contribution in [0.4, 0.5) is 0 Å². The predicted octanol–water partition coefficient (Wildman–Crippen LogP) is 0.917. The third-order valence-corrected chi connectivity index (χ3v) is 5.00. The van der Waals surface area contributed by atoms with Gasteiger partial charge in [0.05, 0.1) is 26.2 Å². The molecular weight excluding hydrogens is 300 g/mol. The summed E-state index contributed by atoms with van der Waals surface area (Å²) in [6, 6.07) is 18.5. The van der Waals surface area contributed by atoms with Crippen LogP contribution in [0.3, 0.4) is 0 Å². The molecule has 1 atom stereocenters. The molecule has 0 aliphatic carbocycles. The van der Waals surface area contributed by atoms with Crippen molar-refractivity contribution in [2.24, 2.45) is 0 Å². The second kappa shape index (κ2) is 6.65. The van der Waals surface area contributed by atoms with Crippen molar-refractivity contribution in [2.45, 2.75) is 19.1 Å². The molecule has 4 rings (SSSR count). The summed E-state index contributed by atoms with van der Waals surface area (Å²) in [4.78, 5) is 16.2. The van der Waals surface area contributed by atoms with E-state index in [1.807, 2.05) is 29.2 Å². The molecule has 2 aromatic carbocycles. The van der Waals surface area contributed by atoms with Gasteiger partial charge in [0.15, 0.2) is 6.10 Å². The van der Waals surface area contributed by atoms with Gasteiger partial charge in [-0.1, -0.05) is 48.5 Å². The number of benzene rings is 2. The van der Waals surface area contributed by atoms with Gasteiger partial charge in [0.1, 0.15) is 12.3 Å². The number of quaternary nitrogens is 1. The Morgan fingerprint density at radius 3 is 2.50 bits per heavy atom. The molecule has 0 radical (unpaired) electrons. The summed E-state index contributed by atoms with van der Waals surface area (Å²) in [5.41, 5.74) is 2.51. The van der Waals surface area contributed by atoms with Crippen molar-refractivity contribution in [2.75, 3.05) is 26.2 Å². The SMILES string of the molecule is O=C([C@H]1Cc2ccccc2O1)N1CC[NH+](Cc2ccccc2)CC1. The second-order valence-electron chi connectivity index (χ2n) is 6.66. The summed E-state index contributed by atoms with van der Waals surface area (Å²) in [5, 5.41) is 0. The lowest BCUT2D eigenvalue weighted by Crippen LogP contribution is -3.13. The molecule has 1 fully saturated rings. The molecule has 4 heteroatoms. The van der Waals surface area contributed by atoms with E-state index < -0.39 is 0 Å². The molecule has 1 amide bonds. The Balaban J connectivity index is 1.31. The smallest absolute Gasteiger partial charge is 0.264 e. The number of rotatable bonds is 3. The van der Waals surface area contributed by atoms with Gasteiger partial charge in [-0.05, 0) is 11.6 Å². The summed E-state index contributed by atoms with van der Waals surface area (Å²) in [6.07, 6.45) is 0.365. The summed E-state index contributed by atoms with van der Waals surface area (Å²) in [5.74, 6) is 1.01. The zero-order chi connectivity index (χ0) is 16.4. The van der Waals surface area contributed by atoms with Crippen molar-refractivity contribution in [3.63, 3.8) is 0 Å². The van der Waals surface area contributed by atoms with E-state index in [2.05, 4.69) is 30.3 Å². The molecule has 4 nitrogen and oxygen atoms in total. The lowest BCUT2D eigenvalue weighted by molar-refractivity contribution is -0.917. The first kappa shape index (κ1) is 15.2. The van der Waals surface area contributed by atoms with Gasteiger partial charge >= 0.3 is 0 Å². The Hall–Kier alpha value is -2.33.